The van der Waals surface area contributed by atoms with Crippen LogP contribution in [0.2, 0.25) is 0 Å². The summed E-state index contributed by atoms with van der Waals surface area (Å²) in [5.74, 6) is -2.18. The van der Waals surface area contributed by atoms with Crippen LogP contribution in [0.15, 0.2) is 36.4 Å². The number of nitrogens with one attached hydrogen (secondary N) is 1. The van der Waals surface area contributed by atoms with E-state index in [1.54, 1.807) is 6.07 Å². The van der Waals surface area contributed by atoms with E-state index in [4.69, 9.17) is 14.2 Å². The largest absolute Gasteiger partial charge is 0.493 e. The minimum atomic E-state index is -0.925. The van der Waals surface area contributed by atoms with E-state index in [2.05, 4.69) is 0 Å². The SMILES string of the molecule is CCOc1cc2c(cc1/C=C/C(=O)OCC(=O)Nc1c(F)cccc1F)O[C@@H](C)C2. The average molecular weight is 417 g/mol. The van der Waals surface area contributed by atoms with Crippen molar-refractivity contribution in [1.29, 1.82) is 0 Å². The molecule has 1 aliphatic heterocycles. The first-order valence-electron chi connectivity index (χ1n) is 9.42. The van der Waals surface area contributed by atoms with Crippen LogP contribution >= 0.6 is 0 Å². The Kier molecular flexibility index (Phi) is 6.66. The molecule has 3 rings (SSSR count). The molecule has 0 aliphatic carbocycles. The zero-order chi connectivity index (χ0) is 21.7. The molecule has 6 nitrogen and oxygen atoms in total. The first kappa shape index (κ1) is 21.3. The molecular weight excluding hydrogens is 396 g/mol. The molecule has 2 aromatic rings. The fraction of sp³-hybridized carbons (Fsp3) is 0.273. The Morgan fingerprint density at radius 3 is 2.70 bits per heavy atom. The lowest BCUT2D eigenvalue weighted by molar-refractivity contribution is -0.142. The molecule has 0 saturated heterocycles. The van der Waals surface area contributed by atoms with E-state index in [0.717, 1.165) is 35.9 Å². The zero-order valence-corrected chi connectivity index (χ0v) is 16.5. The Balaban J connectivity index is 1.61. The highest BCUT2D eigenvalue weighted by Crippen LogP contribution is 2.35. The molecule has 0 radical (unpaired) electrons. The van der Waals surface area contributed by atoms with Gasteiger partial charge in [-0.15, -0.1) is 0 Å². The van der Waals surface area contributed by atoms with Gasteiger partial charge in [-0.3, -0.25) is 4.79 Å². The molecule has 158 valence electrons. The Hall–Kier alpha value is -3.42. The molecule has 8 heteroatoms. The van der Waals surface area contributed by atoms with Gasteiger partial charge in [0.15, 0.2) is 6.61 Å². The van der Waals surface area contributed by atoms with Crippen LogP contribution in [0.25, 0.3) is 6.08 Å². The van der Waals surface area contributed by atoms with Gasteiger partial charge in [0.25, 0.3) is 5.91 Å². The summed E-state index contributed by atoms with van der Waals surface area (Å²) in [4.78, 5) is 23.8. The van der Waals surface area contributed by atoms with Gasteiger partial charge >= 0.3 is 5.97 Å². The number of benzene rings is 2. The molecule has 1 heterocycles. The molecule has 0 aromatic heterocycles. The predicted molar refractivity (Wildman–Crippen MR) is 106 cm³/mol. The third-order valence-electron chi connectivity index (χ3n) is 4.30. The van der Waals surface area contributed by atoms with Gasteiger partial charge in [0.2, 0.25) is 0 Å². The van der Waals surface area contributed by atoms with Crippen molar-refractivity contribution >= 4 is 23.6 Å². The van der Waals surface area contributed by atoms with Gasteiger partial charge in [-0.2, -0.15) is 0 Å². The van der Waals surface area contributed by atoms with Gasteiger partial charge in [-0.1, -0.05) is 6.07 Å². The van der Waals surface area contributed by atoms with Gasteiger partial charge < -0.3 is 19.5 Å². The maximum Gasteiger partial charge on any atom is 0.331 e. The summed E-state index contributed by atoms with van der Waals surface area (Å²) in [6, 6.07) is 6.84. The third-order valence-corrected chi connectivity index (χ3v) is 4.30. The van der Waals surface area contributed by atoms with Crippen LogP contribution in [-0.4, -0.2) is 31.2 Å². The first-order valence-corrected chi connectivity index (χ1v) is 9.42. The molecule has 1 atom stereocenters. The number of rotatable bonds is 7. The number of amides is 1. The van der Waals surface area contributed by atoms with Gasteiger partial charge in [-0.25, -0.2) is 13.6 Å². The van der Waals surface area contributed by atoms with E-state index in [1.807, 2.05) is 25.2 Å². The second-order valence-electron chi connectivity index (χ2n) is 6.65. The smallest absolute Gasteiger partial charge is 0.331 e. The Bertz CT molecular complexity index is 969. The number of fused-ring (bicyclic) bond motifs is 1. The normalized spacial score (nSPS) is 14.9. The first-order chi connectivity index (χ1) is 14.4. The van der Waals surface area contributed by atoms with Crippen LogP contribution in [0, 0.1) is 11.6 Å². The third kappa shape index (κ3) is 5.14. The van der Waals surface area contributed by atoms with E-state index >= 15 is 0 Å². The van der Waals surface area contributed by atoms with Crippen LogP contribution in [0.1, 0.15) is 25.0 Å². The summed E-state index contributed by atoms with van der Waals surface area (Å²) in [6.45, 7) is 3.57. The molecule has 0 fully saturated rings. The van der Waals surface area contributed by atoms with E-state index in [0.29, 0.717) is 17.9 Å². The number of anilines is 1. The quantitative estimate of drug-likeness (QED) is 0.547. The number of hydrogen-bond donors (Lipinski definition) is 1. The number of carbonyl (C=O) groups is 2. The number of para-hydroxylation sites is 1. The molecule has 0 bridgehead atoms. The van der Waals surface area contributed by atoms with Crippen LogP contribution < -0.4 is 14.8 Å². The van der Waals surface area contributed by atoms with Crippen LogP contribution in [0.4, 0.5) is 14.5 Å². The zero-order valence-electron chi connectivity index (χ0n) is 16.5. The Morgan fingerprint density at radius 1 is 1.27 bits per heavy atom. The Morgan fingerprint density at radius 2 is 2.00 bits per heavy atom. The van der Waals surface area contributed by atoms with Gasteiger partial charge in [0.05, 0.1) is 6.61 Å². The minimum absolute atomic E-state index is 0.0662. The lowest BCUT2D eigenvalue weighted by Gasteiger charge is -2.10. The summed E-state index contributed by atoms with van der Waals surface area (Å²) >= 11 is 0. The van der Waals surface area contributed by atoms with Crippen molar-refractivity contribution in [3.8, 4) is 11.5 Å². The minimum Gasteiger partial charge on any atom is -0.493 e. The molecule has 0 saturated carbocycles. The number of hydrogen-bond acceptors (Lipinski definition) is 5. The number of carbonyl (C=O) groups excluding carboxylic acids is 2. The standard InChI is InChI=1S/C22H21F2NO5/c1-3-28-18-11-15-9-13(2)30-19(15)10-14(18)7-8-21(27)29-12-20(26)25-22-16(23)5-4-6-17(22)24/h4-8,10-11,13H,3,9,12H2,1-2H3,(H,25,26)/b8-7+/t13-/m0/s1. The number of halogens is 2. The number of ether oxygens (including phenoxy) is 3. The van der Waals surface area contributed by atoms with Crippen molar-refractivity contribution in [2.24, 2.45) is 0 Å². The van der Waals surface area contributed by atoms with Gasteiger partial charge in [0.1, 0.15) is 34.9 Å². The summed E-state index contributed by atoms with van der Waals surface area (Å²) in [7, 11) is 0. The van der Waals surface area contributed by atoms with Crippen molar-refractivity contribution in [1.82, 2.24) is 0 Å². The van der Waals surface area contributed by atoms with Crippen LogP contribution in [-0.2, 0) is 20.7 Å². The highest BCUT2D eigenvalue weighted by Gasteiger charge is 2.21. The van der Waals surface area contributed by atoms with E-state index < -0.39 is 35.8 Å². The van der Waals surface area contributed by atoms with Crippen molar-refractivity contribution < 1.29 is 32.6 Å². The molecular formula is C22H21F2NO5. The maximum atomic E-state index is 13.5. The van der Waals surface area contributed by atoms with Gasteiger partial charge in [-0.05, 0) is 44.2 Å². The van der Waals surface area contributed by atoms with Crippen LogP contribution in [0.3, 0.4) is 0 Å². The molecule has 30 heavy (non-hydrogen) atoms. The Labute approximate surface area is 172 Å². The topological polar surface area (TPSA) is 73.9 Å². The maximum absolute atomic E-state index is 13.5. The van der Waals surface area contributed by atoms with E-state index in [1.165, 1.54) is 12.1 Å². The fourth-order valence-electron chi connectivity index (χ4n) is 3.00. The van der Waals surface area contributed by atoms with Crippen LogP contribution in [0.5, 0.6) is 11.5 Å². The lowest BCUT2D eigenvalue weighted by atomic mass is 10.1. The van der Waals surface area contributed by atoms with E-state index in [-0.39, 0.29) is 6.10 Å². The fourth-order valence-corrected chi connectivity index (χ4v) is 3.00. The van der Waals surface area contributed by atoms with Crippen molar-refractivity contribution in [2.45, 2.75) is 26.4 Å². The van der Waals surface area contributed by atoms with Crippen molar-refractivity contribution in [2.75, 3.05) is 18.5 Å². The second kappa shape index (κ2) is 9.39. The van der Waals surface area contributed by atoms with E-state index in [9.17, 15) is 18.4 Å². The molecule has 2 aromatic carbocycles. The molecule has 0 spiro atoms. The van der Waals surface area contributed by atoms with Gasteiger partial charge in [0, 0.05) is 23.6 Å². The monoisotopic (exact) mass is 417 g/mol. The van der Waals surface area contributed by atoms with Crippen molar-refractivity contribution in [3.05, 3.63) is 59.2 Å². The molecule has 1 aliphatic rings. The van der Waals surface area contributed by atoms with Crippen molar-refractivity contribution in [3.63, 3.8) is 0 Å². The summed E-state index contributed by atoms with van der Waals surface area (Å²) in [5, 5.41) is 2.04. The highest BCUT2D eigenvalue weighted by atomic mass is 19.1. The summed E-state index contributed by atoms with van der Waals surface area (Å²) in [6.07, 6.45) is 3.48. The predicted octanol–water partition coefficient (Wildman–Crippen LogP) is 3.88. The lowest BCUT2D eigenvalue weighted by Crippen LogP contribution is -2.21. The second-order valence-corrected chi connectivity index (χ2v) is 6.65. The molecule has 0 unspecified atom stereocenters. The summed E-state index contributed by atoms with van der Waals surface area (Å²) in [5.41, 5.74) is 1.06. The summed E-state index contributed by atoms with van der Waals surface area (Å²) < 4.78 is 43.3. The molecule has 1 N–H and O–H groups in total. The highest BCUT2D eigenvalue weighted by molar-refractivity contribution is 5.95. The number of esters is 1. The average Bonchev–Trinajstić information content (AvgIpc) is 3.06. The molecule has 1 amide bonds.